The van der Waals surface area contributed by atoms with Gasteiger partial charge in [0, 0.05) is 12.7 Å². The summed E-state index contributed by atoms with van der Waals surface area (Å²) in [4.78, 5) is 11.4. The van der Waals surface area contributed by atoms with Gasteiger partial charge in [0.15, 0.2) is 0 Å². The van der Waals surface area contributed by atoms with Crippen LogP contribution in [-0.2, 0) is 24.1 Å². The van der Waals surface area contributed by atoms with E-state index < -0.39 is 5.97 Å². The summed E-state index contributed by atoms with van der Waals surface area (Å²) in [5.74, 6) is -0.891. The number of aromatic nitrogens is 2. The predicted molar refractivity (Wildman–Crippen MR) is 66.9 cm³/mol. The number of nitrogens with zero attached hydrogens (tertiary/aromatic N) is 2. The molecule has 0 radical (unpaired) electrons. The summed E-state index contributed by atoms with van der Waals surface area (Å²) in [7, 11) is 1.60. The van der Waals surface area contributed by atoms with Gasteiger partial charge in [0.1, 0.15) is 5.69 Å². The van der Waals surface area contributed by atoms with Crippen molar-refractivity contribution in [2.45, 2.75) is 39.7 Å². The Labute approximate surface area is 107 Å². The highest BCUT2D eigenvalue weighted by molar-refractivity contribution is 5.88. The highest BCUT2D eigenvalue weighted by Gasteiger charge is 2.32. The zero-order valence-electron chi connectivity index (χ0n) is 11.2. The van der Waals surface area contributed by atoms with Crippen LogP contribution in [-0.4, -0.2) is 34.6 Å². The Bertz CT molecular complexity index is 463. The highest BCUT2D eigenvalue weighted by Crippen LogP contribution is 2.35. The van der Waals surface area contributed by atoms with Gasteiger partial charge in [-0.3, -0.25) is 4.68 Å². The molecule has 0 amide bonds. The van der Waals surface area contributed by atoms with Crippen LogP contribution in [0.1, 0.15) is 42.0 Å². The Morgan fingerprint density at radius 2 is 2.28 bits per heavy atom. The number of carbonyl (C=O) groups is 1. The van der Waals surface area contributed by atoms with Crippen LogP contribution in [0.15, 0.2) is 0 Å². The summed E-state index contributed by atoms with van der Waals surface area (Å²) in [5.41, 5.74) is 2.36. The van der Waals surface area contributed by atoms with Crippen LogP contribution in [0.3, 0.4) is 0 Å². The zero-order chi connectivity index (χ0) is 13.3. The Hall–Kier alpha value is -1.36. The molecule has 5 heteroatoms. The molecule has 0 unspecified atom stereocenters. The second-order valence-electron chi connectivity index (χ2n) is 5.64. The lowest BCUT2D eigenvalue weighted by atomic mass is 9.76. The van der Waals surface area contributed by atoms with E-state index in [1.807, 2.05) is 0 Å². The molecule has 1 aliphatic rings. The number of aromatic carboxylic acids is 1. The Morgan fingerprint density at radius 1 is 1.56 bits per heavy atom. The first-order valence-corrected chi connectivity index (χ1v) is 6.25. The lowest BCUT2D eigenvalue weighted by molar-refractivity contribution is 0.0678. The number of carboxylic acid groups (broad SMARTS) is 1. The van der Waals surface area contributed by atoms with E-state index in [0.717, 1.165) is 30.5 Å². The van der Waals surface area contributed by atoms with Crippen molar-refractivity contribution in [3.63, 3.8) is 0 Å². The molecule has 100 valence electrons. The maximum Gasteiger partial charge on any atom is 0.354 e. The molecule has 2 rings (SSSR count). The van der Waals surface area contributed by atoms with Crippen molar-refractivity contribution >= 4 is 5.97 Å². The average molecular weight is 252 g/mol. The van der Waals surface area contributed by atoms with Crippen LogP contribution < -0.4 is 0 Å². The van der Waals surface area contributed by atoms with Crippen LogP contribution >= 0.6 is 0 Å². The maximum atomic E-state index is 11.4. The number of hydrogen-bond donors (Lipinski definition) is 1. The largest absolute Gasteiger partial charge is 0.477 e. The van der Waals surface area contributed by atoms with Gasteiger partial charge in [0.05, 0.1) is 18.8 Å². The number of ether oxygens (including phenoxy) is 1. The average Bonchev–Trinajstić information content (AvgIpc) is 2.62. The van der Waals surface area contributed by atoms with Crippen LogP contribution in [0.4, 0.5) is 0 Å². The zero-order valence-corrected chi connectivity index (χ0v) is 11.2. The summed E-state index contributed by atoms with van der Waals surface area (Å²) < 4.78 is 6.58. The smallest absolute Gasteiger partial charge is 0.354 e. The molecule has 0 bridgehead atoms. The van der Waals surface area contributed by atoms with Crippen LogP contribution in [0.5, 0.6) is 0 Å². The molecule has 1 aromatic rings. The van der Waals surface area contributed by atoms with Gasteiger partial charge >= 0.3 is 5.97 Å². The fourth-order valence-corrected chi connectivity index (χ4v) is 2.54. The number of fused-ring (bicyclic) bond motifs is 1. The molecule has 0 atom stereocenters. The minimum absolute atomic E-state index is 0.159. The SMILES string of the molecule is COCCn1nc2c(c1C(=O)O)CC(C)(C)CC2. The van der Waals surface area contributed by atoms with Crippen molar-refractivity contribution in [2.75, 3.05) is 13.7 Å². The quantitative estimate of drug-likeness (QED) is 0.886. The van der Waals surface area contributed by atoms with Gasteiger partial charge in [-0.15, -0.1) is 0 Å². The van der Waals surface area contributed by atoms with Crippen molar-refractivity contribution in [1.29, 1.82) is 0 Å². The van der Waals surface area contributed by atoms with Crippen molar-refractivity contribution in [1.82, 2.24) is 9.78 Å². The topological polar surface area (TPSA) is 64.4 Å². The predicted octanol–water partition coefficient (Wildman–Crippen LogP) is 1.74. The lowest BCUT2D eigenvalue weighted by Crippen LogP contribution is -2.23. The molecule has 0 aliphatic heterocycles. The van der Waals surface area contributed by atoms with E-state index in [1.54, 1.807) is 11.8 Å². The summed E-state index contributed by atoms with van der Waals surface area (Å²) in [6.45, 7) is 5.32. The van der Waals surface area contributed by atoms with E-state index in [1.165, 1.54) is 0 Å². The molecule has 0 saturated carbocycles. The molecule has 1 N–H and O–H groups in total. The Morgan fingerprint density at radius 3 is 2.89 bits per heavy atom. The van der Waals surface area contributed by atoms with Crippen LogP contribution in [0.2, 0.25) is 0 Å². The first-order chi connectivity index (χ1) is 8.44. The van der Waals surface area contributed by atoms with E-state index in [4.69, 9.17) is 4.74 Å². The summed E-state index contributed by atoms with van der Waals surface area (Å²) >= 11 is 0. The van der Waals surface area contributed by atoms with Gasteiger partial charge in [-0.1, -0.05) is 13.8 Å². The van der Waals surface area contributed by atoms with E-state index in [2.05, 4.69) is 18.9 Å². The third-order valence-electron chi connectivity index (χ3n) is 3.54. The maximum absolute atomic E-state index is 11.4. The fraction of sp³-hybridized carbons (Fsp3) is 0.692. The molecule has 0 fully saturated rings. The molecule has 0 aromatic carbocycles. The highest BCUT2D eigenvalue weighted by atomic mass is 16.5. The fourth-order valence-electron chi connectivity index (χ4n) is 2.54. The van der Waals surface area contributed by atoms with Gasteiger partial charge in [-0.05, 0) is 24.7 Å². The molecule has 0 saturated heterocycles. The molecule has 1 heterocycles. The van der Waals surface area contributed by atoms with Crippen LogP contribution in [0, 0.1) is 5.41 Å². The van der Waals surface area contributed by atoms with Gasteiger partial charge in [-0.2, -0.15) is 5.10 Å². The Balaban J connectivity index is 2.39. The second kappa shape index (κ2) is 4.72. The van der Waals surface area contributed by atoms with Gasteiger partial charge < -0.3 is 9.84 Å². The van der Waals surface area contributed by atoms with E-state index in [-0.39, 0.29) is 5.41 Å². The monoisotopic (exact) mass is 252 g/mol. The third kappa shape index (κ3) is 2.41. The first-order valence-electron chi connectivity index (χ1n) is 6.25. The molecular formula is C13H20N2O3. The minimum Gasteiger partial charge on any atom is -0.477 e. The Kier molecular flexibility index (Phi) is 3.43. The minimum atomic E-state index is -0.891. The first kappa shape index (κ1) is 13.1. The number of carboxylic acids is 1. The van der Waals surface area contributed by atoms with Crippen molar-refractivity contribution in [3.8, 4) is 0 Å². The molecule has 18 heavy (non-hydrogen) atoms. The molecular weight excluding hydrogens is 232 g/mol. The van der Waals surface area contributed by atoms with Crippen molar-refractivity contribution < 1.29 is 14.6 Å². The molecule has 5 nitrogen and oxygen atoms in total. The lowest BCUT2D eigenvalue weighted by Gasteiger charge is -2.28. The van der Waals surface area contributed by atoms with Gasteiger partial charge in [0.25, 0.3) is 0 Å². The number of rotatable bonds is 4. The number of methoxy groups -OCH3 is 1. The molecule has 1 aliphatic carbocycles. The van der Waals surface area contributed by atoms with Gasteiger partial charge in [-0.25, -0.2) is 4.79 Å². The summed E-state index contributed by atoms with van der Waals surface area (Å²) in [6.07, 6.45) is 2.71. The molecule has 0 spiro atoms. The standard InChI is InChI=1S/C13H20N2O3/c1-13(2)5-4-10-9(8-13)11(12(16)17)15(14-10)6-7-18-3/h4-8H2,1-3H3,(H,16,17). The van der Waals surface area contributed by atoms with E-state index in [0.29, 0.717) is 18.8 Å². The summed E-state index contributed by atoms with van der Waals surface area (Å²) in [6, 6.07) is 0. The van der Waals surface area contributed by atoms with Crippen molar-refractivity contribution in [2.24, 2.45) is 5.41 Å². The third-order valence-corrected chi connectivity index (χ3v) is 3.54. The second-order valence-corrected chi connectivity index (χ2v) is 5.64. The normalized spacial score (nSPS) is 17.5. The van der Waals surface area contributed by atoms with Crippen molar-refractivity contribution in [3.05, 3.63) is 17.0 Å². The number of hydrogen-bond acceptors (Lipinski definition) is 3. The number of aryl methyl sites for hydroxylation is 1. The van der Waals surface area contributed by atoms with Gasteiger partial charge in [0.2, 0.25) is 0 Å². The van der Waals surface area contributed by atoms with Crippen LogP contribution in [0.25, 0.3) is 0 Å². The molecule has 1 aromatic heterocycles. The summed E-state index contributed by atoms with van der Waals surface area (Å²) in [5, 5.41) is 13.8. The van der Waals surface area contributed by atoms with E-state index >= 15 is 0 Å². The van der Waals surface area contributed by atoms with E-state index in [9.17, 15) is 9.90 Å².